The van der Waals surface area contributed by atoms with Crippen molar-refractivity contribution < 1.29 is 0 Å². The molecule has 1 heterocycles. The second-order valence-corrected chi connectivity index (χ2v) is 5.41. The molecule has 1 aliphatic carbocycles. The average molecular weight is 236 g/mol. The van der Waals surface area contributed by atoms with Gasteiger partial charge >= 0.3 is 0 Å². The van der Waals surface area contributed by atoms with Crippen LogP contribution >= 0.6 is 0 Å². The molecule has 1 fully saturated rings. The highest BCUT2D eigenvalue weighted by Gasteiger charge is 2.25. The van der Waals surface area contributed by atoms with Gasteiger partial charge in [0.05, 0.1) is 5.69 Å². The van der Waals surface area contributed by atoms with Crippen molar-refractivity contribution in [3.05, 3.63) is 17.5 Å². The summed E-state index contributed by atoms with van der Waals surface area (Å²) in [6, 6.07) is 0.872. The van der Waals surface area contributed by atoms with E-state index in [1.165, 1.54) is 24.8 Å². The van der Waals surface area contributed by atoms with Crippen molar-refractivity contribution in [2.75, 3.05) is 6.54 Å². The van der Waals surface area contributed by atoms with Crippen LogP contribution in [-0.4, -0.2) is 22.4 Å². The van der Waals surface area contributed by atoms with E-state index in [1.54, 1.807) is 0 Å². The molecule has 1 aromatic rings. The Labute approximate surface area is 104 Å². The van der Waals surface area contributed by atoms with E-state index < -0.39 is 0 Å². The molecule has 3 atom stereocenters. The van der Waals surface area contributed by atoms with Crippen molar-refractivity contribution in [2.24, 2.45) is 18.7 Å². The van der Waals surface area contributed by atoms with Crippen LogP contribution in [0, 0.1) is 12.8 Å². The van der Waals surface area contributed by atoms with Crippen LogP contribution in [-0.2, 0) is 7.05 Å². The second kappa shape index (κ2) is 5.19. The highest BCUT2D eigenvalue weighted by atomic mass is 15.3. The van der Waals surface area contributed by atoms with Gasteiger partial charge in [0.25, 0.3) is 0 Å². The maximum atomic E-state index is 5.90. The van der Waals surface area contributed by atoms with Gasteiger partial charge in [0.1, 0.15) is 0 Å². The summed E-state index contributed by atoms with van der Waals surface area (Å²) in [7, 11) is 1.96. The molecule has 3 unspecified atom stereocenters. The predicted octanol–water partition coefficient (Wildman–Crippen LogP) is 1.51. The maximum Gasteiger partial charge on any atom is 0.0641 e. The van der Waals surface area contributed by atoms with Gasteiger partial charge in [-0.25, -0.2) is 0 Å². The van der Waals surface area contributed by atoms with Crippen molar-refractivity contribution >= 4 is 0 Å². The Kier molecular flexibility index (Phi) is 3.84. The van der Waals surface area contributed by atoms with E-state index in [2.05, 4.69) is 30.5 Å². The molecule has 4 nitrogen and oxygen atoms in total. The highest BCUT2D eigenvalue weighted by Crippen LogP contribution is 2.27. The third-order valence-electron chi connectivity index (χ3n) is 3.79. The van der Waals surface area contributed by atoms with Crippen molar-refractivity contribution in [2.45, 2.75) is 45.2 Å². The third-order valence-corrected chi connectivity index (χ3v) is 3.79. The molecule has 1 saturated carbocycles. The number of aromatic nitrogens is 2. The lowest BCUT2D eigenvalue weighted by Crippen LogP contribution is -2.35. The van der Waals surface area contributed by atoms with Crippen LogP contribution in [0.5, 0.6) is 0 Å². The molecular weight excluding hydrogens is 212 g/mol. The Morgan fingerprint density at radius 2 is 2.35 bits per heavy atom. The normalized spacial score (nSPS) is 26.4. The molecule has 0 aliphatic heterocycles. The van der Waals surface area contributed by atoms with Gasteiger partial charge in [-0.1, -0.05) is 6.92 Å². The molecule has 4 heteroatoms. The van der Waals surface area contributed by atoms with Gasteiger partial charge in [-0.05, 0) is 32.1 Å². The largest absolute Gasteiger partial charge is 0.329 e. The van der Waals surface area contributed by atoms with Gasteiger partial charge in [0.15, 0.2) is 0 Å². The van der Waals surface area contributed by atoms with Crippen LogP contribution in [0.3, 0.4) is 0 Å². The van der Waals surface area contributed by atoms with Gasteiger partial charge < -0.3 is 11.1 Å². The molecule has 0 spiro atoms. The smallest absolute Gasteiger partial charge is 0.0641 e. The summed E-state index contributed by atoms with van der Waals surface area (Å²) in [5.74, 6) is 0.848. The Morgan fingerprint density at radius 3 is 2.82 bits per heavy atom. The van der Waals surface area contributed by atoms with Gasteiger partial charge in [-0.3, -0.25) is 4.68 Å². The molecule has 17 heavy (non-hydrogen) atoms. The monoisotopic (exact) mass is 236 g/mol. The lowest BCUT2D eigenvalue weighted by Gasteiger charge is -2.21. The van der Waals surface area contributed by atoms with Crippen molar-refractivity contribution in [3.63, 3.8) is 0 Å². The summed E-state index contributed by atoms with van der Waals surface area (Å²) in [5, 5.41) is 8.08. The first kappa shape index (κ1) is 12.6. The number of hydrogen-bond acceptors (Lipinski definition) is 3. The standard InChI is InChI=1S/C13H24N4/c1-9-4-5-11(6-9)15-13(7-14)12-8-17(3)16-10(12)2/h8-9,11,13,15H,4-7,14H2,1-3H3. The van der Waals surface area contributed by atoms with E-state index in [0.29, 0.717) is 12.6 Å². The lowest BCUT2D eigenvalue weighted by atomic mass is 10.1. The van der Waals surface area contributed by atoms with Crippen molar-refractivity contribution in [3.8, 4) is 0 Å². The van der Waals surface area contributed by atoms with Crippen LogP contribution < -0.4 is 11.1 Å². The molecule has 0 saturated heterocycles. The third kappa shape index (κ3) is 2.87. The van der Waals surface area contributed by atoms with E-state index in [9.17, 15) is 0 Å². The molecule has 2 rings (SSSR count). The minimum Gasteiger partial charge on any atom is -0.329 e. The van der Waals surface area contributed by atoms with Crippen LogP contribution in [0.25, 0.3) is 0 Å². The SMILES string of the molecule is Cc1nn(C)cc1C(CN)NC1CCC(C)C1. The van der Waals surface area contributed by atoms with Crippen molar-refractivity contribution in [1.82, 2.24) is 15.1 Å². The molecular formula is C13H24N4. The number of aryl methyl sites for hydroxylation is 2. The zero-order chi connectivity index (χ0) is 12.4. The van der Waals surface area contributed by atoms with Gasteiger partial charge in [0.2, 0.25) is 0 Å². The topological polar surface area (TPSA) is 55.9 Å². The zero-order valence-corrected chi connectivity index (χ0v) is 11.1. The first-order chi connectivity index (χ1) is 8.10. The summed E-state index contributed by atoms with van der Waals surface area (Å²) in [6.07, 6.45) is 5.96. The molecule has 0 amide bonds. The summed E-state index contributed by atoms with van der Waals surface area (Å²) in [6.45, 7) is 5.02. The average Bonchev–Trinajstić information content (AvgIpc) is 2.82. The minimum absolute atomic E-state index is 0.249. The lowest BCUT2D eigenvalue weighted by molar-refractivity contribution is 0.433. The molecule has 0 radical (unpaired) electrons. The van der Waals surface area contributed by atoms with Crippen molar-refractivity contribution in [1.29, 1.82) is 0 Å². The molecule has 1 aliphatic rings. The van der Waals surface area contributed by atoms with Crippen LogP contribution in [0.1, 0.15) is 43.5 Å². The number of nitrogens with one attached hydrogen (secondary N) is 1. The molecule has 1 aromatic heterocycles. The van der Waals surface area contributed by atoms with E-state index >= 15 is 0 Å². The molecule has 0 bridgehead atoms. The van der Waals surface area contributed by atoms with E-state index in [4.69, 9.17) is 5.73 Å². The summed E-state index contributed by atoms with van der Waals surface area (Å²) >= 11 is 0. The quantitative estimate of drug-likeness (QED) is 0.833. The highest BCUT2D eigenvalue weighted by molar-refractivity contribution is 5.20. The Morgan fingerprint density at radius 1 is 1.59 bits per heavy atom. The fourth-order valence-electron chi connectivity index (χ4n) is 2.89. The second-order valence-electron chi connectivity index (χ2n) is 5.41. The first-order valence-electron chi connectivity index (χ1n) is 6.56. The van der Waals surface area contributed by atoms with Crippen LogP contribution in [0.4, 0.5) is 0 Å². The Hall–Kier alpha value is -0.870. The maximum absolute atomic E-state index is 5.90. The number of rotatable bonds is 4. The Balaban J connectivity index is 2.04. The predicted molar refractivity (Wildman–Crippen MR) is 69.7 cm³/mol. The van der Waals surface area contributed by atoms with Crippen LogP contribution in [0.15, 0.2) is 6.20 Å². The van der Waals surface area contributed by atoms with Gasteiger partial charge in [-0.2, -0.15) is 5.10 Å². The fraction of sp³-hybridized carbons (Fsp3) is 0.769. The zero-order valence-electron chi connectivity index (χ0n) is 11.1. The van der Waals surface area contributed by atoms with E-state index in [0.717, 1.165) is 11.6 Å². The minimum atomic E-state index is 0.249. The van der Waals surface area contributed by atoms with E-state index in [1.807, 2.05) is 11.7 Å². The van der Waals surface area contributed by atoms with E-state index in [-0.39, 0.29) is 6.04 Å². The Bertz CT molecular complexity index is 371. The molecule has 3 N–H and O–H groups in total. The first-order valence-corrected chi connectivity index (χ1v) is 6.56. The molecule has 96 valence electrons. The summed E-state index contributed by atoms with van der Waals surface area (Å²) in [5.41, 5.74) is 8.23. The number of nitrogens with two attached hydrogens (primary N) is 1. The van der Waals surface area contributed by atoms with Crippen LogP contribution in [0.2, 0.25) is 0 Å². The summed E-state index contributed by atoms with van der Waals surface area (Å²) < 4.78 is 1.87. The fourth-order valence-corrected chi connectivity index (χ4v) is 2.89. The molecule has 0 aromatic carbocycles. The van der Waals surface area contributed by atoms with Gasteiger partial charge in [0, 0.05) is 37.4 Å². The van der Waals surface area contributed by atoms with Gasteiger partial charge in [-0.15, -0.1) is 0 Å². The number of nitrogens with zero attached hydrogens (tertiary/aromatic N) is 2. The summed E-state index contributed by atoms with van der Waals surface area (Å²) in [4.78, 5) is 0. The number of hydrogen-bond donors (Lipinski definition) is 2.